The number of aliphatic hydroxyl groups is 1. The molecule has 1 atom stereocenters. The van der Waals surface area contributed by atoms with Crippen molar-refractivity contribution in [2.45, 2.75) is 38.2 Å². The molecule has 114 valence electrons. The average molecular weight is 285 g/mol. The maximum atomic E-state index is 10.2. The molecule has 2 N–H and O–H groups in total. The quantitative estimate of drug-likeness (QED) is 0.869. The molecule has 21 heavy (non-hydrogen) atoms. The third kappa shape index (κ3) is 2.76. The zero-order chi connectivity index (χ0) is 14.2. The zero-order valence-electron chi connectivity index (χ0n) is 12.7. The highest BCUT2D eigenvalue weighted by Crippen LogP contribution is 2.56. The van der Waals surface area contributed by atoms with Gasteiger partial charge in [-0.1, -0.05) is 30.3 Å². The van der Waals surface area contributed by atoms with Crippen molar-refractivity contribution in [3.05, 3.63) is 35.9 Å². The van der Waals surface area contributed by atoms with E-state index in [0.29, 0.717) is 6.54 Å². The Bertz CT molecular complexity index is 444. The Labute approximate surface area is 128 Å². The van der Waals surface area contributed by atoms with Crippen LogP contribution >= 0.6 is 0 Å². The number of hydrogen-bond acceptors (Lipinski definition) is 2. The molecular weight excluding hydrogens is 258 g/mol. The van der Waals surface area contributed by atoms with Crippen LogP contribution in [-0.4, -0.2) is 18.2 Å². The van der Waals surface area contributed by atoms with Gasteiger partial charge < -0.3 is 10.4 Å². The van der Waals surface area contributed by atoms with Crippen molar-refractivity contribution in [3.63, 3.8) is 0 Å². The van der Waals surface area contributed by atoms with Crippen LogP contribution in [0.5, 0.6) is 0 Å². The van der Waals surface area contributed by atoms with E-state index in [1.807, 2.05) is 30.3 Å². The highest BCUT2D eigenvalue weighted by molar-refractivity contribution is 5.17. The average Bonchev–Trinajstić information content (AvgIpc) is 2.50. The minimum atomic E-state index is -0.372. The van der Waals surface area contributed by atoms with Crippen molar-refractivity contribution < 1.29 is 5.11 Å². The van der Waals surface area contributed by atoms with E-state index in [1.165, 1.54) is 32.1 Å². The second kappa shape index (κ2) is 5.73. The molecular formula is C19H27NO. The van der Waals surface area contributed by atoms with Gasteiger partial charge in [-0.3, -0.25) is 0 Å². The van der Waals surface area contributed by atoms with E-state index in [0.717, 1.165) is 41.7 Å². The summed E-state index contributed by atoms with van der Waals surface area (Å²) in [6, 6.07) is 10.0. The number of benzene rings is 1. The molecule has 0 amide bonds. The van der Waals surface area contributed by atoms with Crippen LogP contribution < -0.4 is 5.32 Å². The van der Waals surface area contributed by atoms with Gasteiger partial charge >= 0.3 is 0 Å². The third-order valence-corrected chi connectivity index (χ3v) is 6.32. The minimum Gasteiger partial charge on any atom is -0.387 e. The van der Waals surface area contributed by atoms with E-state index in [4.69, 9.17) is 0 Å². The van der Waals surface area contributed by atoms with Crippen LogP contribution in [0.25, 0.3) is 0 Å². The second-order valence-corrected chi connectivity index (χ2v) is 7.68. The third-order valence-electron chi connectivity index (χ3n) is 6.32. The molecule has 5 rings (SSSR count). The lowest BCUT2D eigenvalue weighted by molar-refractivity contribution is -0.0362. The van der Waals surface area contributed by atoms with Gasteiger partial charge in [-0.05, 0) is 73.8 Å². The lowest BCUT2D eigenvalue weighted by atomic mass is 9.52. The van der Waals surface area contributed by atoms with E-state index in [-0.39, 0.29) is 6.10 Å². The first kappa shape index (κ1) is 13.8. The van der Waals surface area contributed by atoms with Crippen LogP contribution in [0.15, 0.2) is 30.3 Å². The highest BCUT2D eigenvalue weighted by Gasteiger charge is 2.47. The molecule has 4 saturated carbocycles. The van der Waals surface area contributed by atoms with E-state index in [2.05, 4.69) is 5.32 Å². The monoisotopic (exact) mass is 285 g/mol. The van der Waals surface area contributed by atoms with E-state index < -0.39 is 0 Å². The molecule has 4 fully saturated rings. The molecule has 2 heteroatoms. The first-order valence-electron chi connectivity index (χ1n) is 8.73. The minimum absolute atomic E-state index is 0.372. The maximum Gasteiger partial charge on any atom is 0.0914 e. The van der Waals surface area contributed by atoms with Crippen molar-refractivity contribution in [1.82, 2.24) is 5.32 Å². The Morgan fingerprint density at radius 1 is 0.952 bits per heavy atom. The molecule has 0 heterocycles. The van der Waals surface area contributed by atoms with Gasteiger partial charge in [0.15, 0.2) is 0 Å². The van der Waals surface area contributed by atoms with Crippen molar-refractivity contribution >= 4 is 0 Å². The Kier molecular flexibility index (Phi) is 3.76. The molecule has 0 aromatic heterocycles. The molecule has 4 aliphatic rings. The van der Waals surface area contributed by atoms with Crippen molar-refractivity contribution in [2.75, 3.05) is 13.1 Å². The van der Waals surface area contributed by atoms with Gasteiger partial charge in [0, 0.05) is 6.54 Å². The first-order chi connectivity index (χ1) is 10.3. The Hall–Kier alpha value is -0.860. The molecule has 2 nitrogen and oxygen atoms in total. The van der Waals surface area contributed by atoms with Gasteiger partial charge in [-0.15, -0.1) is 0 Å². The van der Waals surface area contributed by atoms with Crippen LogP contribution in [0.2, 0.25) is 0 Å². The molecule has 0 saturated heterocycles. The maximum absolute atomic E-state index is 10.2. The first-order valence-corrected chi connectivity index (χ1v) is 8.73. The zero-order valence-corrected chi connectivity index (χ0v) is 12.7. The molecule has 4 aliphatic carbocycles. The summed E-state index contributed by atoms with van der Waals surface area (Å²) in [6.45, 7) is 1.80. The molecule has 0 aliphatic heterocycles. The predicted molar refractivity (Wildman–Crippen MR) is 84.8 cm³/mol. The summed E-state index contributed by atoms with van der Waals surface area (Å²) < 4.78 is 0. The van der Waals surface area contributed by atoms with Crippen LogP contribution in [0.3, 0.4) is 0 Å². The fraction of sp³-hybridized carbons (Fsp3) is 0.684. The number of aliphatic hydroxyl groups excluding tert-OH is 1. The number of hydrogen-bond donors (Lipinski definition) is 2. The standard InChI is InChI=1S/C19H27NO/c21-19(15-4-2-1-3-5-15)12-20-11-18-16-7-13-6-14(9-16)10-17(18)8-13/h1-5,13-14,16-21H,6-12H2/t13?,14?,16?,17?,18?,19-/m1/s1. The Morgan fingerprint density at radius 2 is 1.57 bits per heavy atom. The van der Waals surface area contributed by atoms with Gasteiger partial charge in [0.2, 0.25) is 0 Å². The second-order valence-electron chi connectivity index (χ2n) is 7.68. The molecule has 1 aromatic rings. The van der Waals surface area contributed by atoms with E-state index >= 15 is 0 Å². The number of nitrogens with one attached hydrogen (secondary N) is 1. The molecule has 0 unspecified atom stereocenters. The summed E-state index contributed by atoms with van der Waals surface area (Å²) in [5.74, 6) is 4.93. The van der Waals surface area contributed by atoms with Gasteiger partial charge in [0.1, 0.15) is 0 Å². The van der Waals surface area contributed by atoms with Crippen LogP contribution in [0, 0.1) is 29.6 Å². The van der Waals surface area contributed by atoms with Gasteiger partial charge in [0.25, 0.3) is 0 Å². The van der Waals surface area contributed by atoms with Crippen molar-refractivity contribution in [3.8, 4) is 0 Å². The largest absolute Gasteiger partial charge is 0.387 e. The molecule has 1 aromatic carbocycles. The molecule has 4 bridgehead atoms. The highest BCUT2D eigenvalue weighted by atomic mass is 16.3. The molecule has 0 radical (unpaired) electrons. The normalized spacial score (nSPS) is 38.6. The molecule has 0 spiro atoms. The van der Waals surface area contributed by atoms with Gasteiger partial charge in [0.05, 0.1) is 6.10 Å². The Morgan fingerprint density at radius 3 is 2.19 bits per heavy atom. The summed E-state index contributed by atoms with van der Waals surface area (Å²) in [5.41, 5.74) is 1.02. The summed E-state index contributed by atoms with van der Waals surface area (Å²) in [6.07, 6.45) is 7.10. The Balaban J connectivity index is 1.29. The summed E-state index contributed by atoms with van der Waals surface area (Å²) >= 11 is 0. The lowest BCUT2D eigenvalue weighted by Crippen LogP contribution is -2.48. The van der Waals surface area contributed by atoms with Crippen molar-refractivity contribution in [2.24, 2.45) is 29.6 Å². The van der Waals surface area contributed by atoms with Gasteiger partial charge in [-0.2, -0.15) is 0 Å². The van der Waals surface area contributed by atoms with E-state index in [1.54, 1.807) is 0 Å². The van der Waals surface area contributed by atoms with Crippen LogP contribution in [-0.2, 0) is 0 Å². The summed E-state index contributed by atoms with van der Waals surface area (Å²) in [4.78, 5) is 0. The fourth-order valence-electron chi connectivity index (χ4n) is 5.55. The van der Waals surface area contributed by atoms with Gasteiger partial charge in [-0.25, -0.2) is 0 Å². The lowest BCUT2D eigenvalue weighted by Gasteiger charge is -2.54. The van der Waals surface area contributed by atoms with Crippen LogP contribution in [0.4, 0.5) is 0 Å². The summed E-state index contributed by atoms with van der Waals surface area (Å²) in [5, 5.41) is 13.8. The predicted octanol–water partition coefficient (Wildman–Crippen LogP) is 3.38. The van der Waals surface area contributed by atoms with Crippen molar-refractivity contribution in [1.29, 1.82) is 0 Å². The van der Waals surface area contributed by atoms with E-state index in [9.17, 15) is 5.11 Å². The fourth-order valence-corrected chi connectivity index (χ4v) is 5.55. The SMILES string of the molecule is O[C@H](CNCC1C2CC3CC(C2)CC1C3)c1ccccc1. The smallest absolute Gasteiger partial charge is 0.0914 e. The summed E-state index contributed by atoms with van der Waals surface area (Å²) in [7, 11) is 0. The topological polar surface area (TPSA) is 32.3 Å². The number of rotatable bonds is 5. The van der Waals surface area contributed by atoms with Crippen LogP contribution in [0.1, 0.15) is 43.8 Å².